The summed E-state index contributed by atoms with van der Waals surface area (Å²) < 4.78 is 0.693. The summed E-state index contributed by atoms with van der Waals surface area (Å²) in [4.78, 5) is 13.1. The summed E-state index contributed by atoms with van der Waals surface area (Å²) in [7, 11) is 0. The van der Waals surface area contributed by atoms with Gasteiger partial charge in [0.1, 0.15) is 0 Å². The van der Waals surface area contributed by atoms with Gasteiger partial charge in [-0.2, -0.15) is 0 Å². The zero-order valence-electron chi connectivity index (χ0n) is 10.1. The zero-order valence-corrected chi connectivity index (χ0v) is 12.4. The Morgan fingerprint density at radius 3 is 2.68 bits per heavy atom. The first kappa shape index (κ1) is 14.2. The van der Waals surface area contributed by atoms with Crippen molar-refractivity contribution in [2.24, 2.45) is 0 Å². The Hall–Kier alpha value is -1.23. The molecular formula is C13H12Cl2N2OS. The van der Waals surface area contributed by atoms with Gasteiger partial charge in [-0.25, -0.2) is 0 Å². The Kier molecular flexibility index (Phi) is 4.34. The molecular weight excluding hydrogens is 303 g/mol. The number of anilines is 1. The lowest BCUT2D eigenvalue weighted by atomic mass is 10.1. The van der Waals surface area contributed by atoms with Crippen LogP contribution in [0.3, 0.4) is 0 Å². The second-order valence-corrected chi connectivity index (χ2v) is 6.19. The number of benzene rings is 1. The number of amides is 1. The highest BCUT2D eigenvalue weighted by molar-refractivity contribution is 7.16. The monoisotopic (exact) mass is 314 g/mol. The van der Waals surface area contributed by atoms with Gasteiger partial charge in [-0.3, -0.25) is 4.79 Å². The van der Waals surface area contributed by atoms with Crippen LogP contribution in [0.25, 0.3) is 0 Å². The maximum atomic E-state index is 12.1. The largest absolute Gasteiger partial charge is 0.397 e. The van der Waals surface area contributed by atoms with E-state index in [4.69, 9.17) is 28.9 Å². The predicted molar refractivity (Wildman–Crippen MR) is 81.1 cm³/mol. The molecule has 1 amide bonds. The van der Waals surface area contributed by atoms with Crippen LogP contribution in [0.5, 0.6) is 0 Å². The Bertz CT molecular complexity index is 612. The number of nitrogen functional groups attached to an aromatic ring is 1. The number of halogens is 2. The van der Waals surface area contributed by atoms with Gasteiger partial charge >= 0.3 is 0 Å². The third kappa shape index (κ3) is 3.21. The van der Waals surface area contributed by atoms with E-state index in [1.807, 2.05) is 13.0 Å². The molecule has 0 aliphatic carbocycles. The smallest absolute Gasteiger partial charge is 0.253 e. The maximum absolute atomic E-state index is 12.1. The molecule has 1 atom stereocenters. The average Bonchev–Trinajstić information content (AvgIpc) is 2.79. The topological polar surface area (TPSA) is 55.1 Å². The lowest BCUT2D eigenvalue weighted by molar-refractivity contribution is 0.0941. The van der Waals surface area contributed by atoms with Crippen LogP contribution in [0.4, 0.5) is 5.69 Å². The van der Waals surface area contributed by atoms with E-state index in [9.17, 15) is 4.79 Å². The van der Waals surface area contributed by atoms with E-state index in [0.717, 1.165) is 4.88 Å². The van der Waals surface area contributed by atoms with Crippen LogP contribution in [-0.4, -0.2) is 5.91 Å². The van der Waals surface area contributed by atoms with Crippen molar-refractivity contribution in [3.63, 3.8) is 0 Å². The maximum Gasteiger partial charge on any atom is 0.253 e. The Morgan fingerprint density at radius 1 is 1.32 bits per heavy atom. The average molecular weight is 315 g/mol. The van der Waals surface area contributed by atoms with Gasteiger partial charge in [0.2, 0.25) is 0 Å². The SMILES string of the molecule is CC(NC(=O)c1cccc(Cl)c1N)c1ccc(Cl)s1. The summed E-state index contributed by atoms with van der Waals surface area (Å²) in [5, 5.41) is 3.24. The second-order valence-electron chi connectivity index (χ2n) is 4.04. The highest BCUT2D eigenvalue weighted by atomic mass is 35.5. The number of rotatable bonds is 3. The summed E-state index contributed by atoms with van der Waals surface area (Å²) in [6, 6.07) is 8.54. The first-order valence-electron chi connectivity index (χ1n) is 5.59. The third-order valence-corrected chi connectivity index (χ3v) is 4.41. The van der Waals surface area contributed by atoms with Crippen molar-refractivity contribution >= 4 is 46.1 Å². The van der Waals surface area contributed by atoms with Crippen molar-refractivity contribution in [1.82, 2.24) is 5.32 Å². The van der Waals surface area contributed by atoms with Crippen LogP contribution in [0.15, 0.2) is 30.3 Å². The molecule has 1 unspecified atom stereocenters. The zero-order chi connectivity index (χ0) is 14.0. The number of carbonyl (C=O) groups is 1. The molecule has 0 spiro atoms. The fraction of sp³-hybridized carbons (Fsp3) is 0.154. The van der Waals surface area contributed by atoms with Crippen LogP contribution in [0.2, 0.25) is 9.36 Å². The van der Waals surface area contributed by atoms with E-state index in [1.165, 1.54) is 11.3 Å². The molecule has 0 radical (unpaired) electrons. The van der Waals surface area contributed by atoms with Crippen molar-refractivity contribution < 1.29 is 4.79 Å². The number of hydrogen-bond donors (Lipinski definition) is 2. The van der Waals surface area contributed by atoms with Crippen LogP contribution in [0, 0.1) is 0 Å². The van der Waals surface area contributed by atoms with Crippen LogP contribution in [0.1, 0.15) is 28.2 Å². The fourth-order valence-corrected chi connectivity index (χ4v) is 2.88. The van der Waals surface area contributed by atoms with Gasteiger partial charge in [0.15, 0.2) is 0 Å². The van der Waals surface area contributed by atoms with Crippen molar-refractivity contribution in [3.05, 3.63) is 50.1 Å². The number of hydrogen-bond acceptors (Lipinski definition) is 3. The van der Waals surface area contributed by atoms with Gasteiger partial charge in [0.05, 0.1) is 26.7 Å². The van der Waals surface area contributed by atoms with E-state index in [2.05, 4.69) is 5.32 Å². The van der Waals surface area contributed by atoms with E-state index >= 15 is 0 Å². The molecule has 1 aromatic heterocycles. The predicted octanol–water partition coefficient (Wildman–Crippen LogP) is 4.13. The van der Waals surface area contributed by atoms with Gasteiger partial charge in [-0.1, -0.05) is 29.3 Å². The molecule has 0 saturated carbocycles. The number of nitrogens with two attached hydrogens (primary N) is 1. The van der Waals surface area contributed by atoms with Crippen molar-refractivity contribution in [1.29, 1.82) is 0 Å². The van der Waals surface area contributed by atoms with Gasteiger partial charge in [-0.05, 0) is 31.2 Å². The highest BCUT2D eigenvalue weighted by Gasteiger charge is 2.16. The van der Waals surface area contributed by atoms with Crippen molar-refractivity contribution in [2.75, 3.05) is 5.73 Å². The molecule has 1 aromatic carbocycles. The molecule has 0 aliphatic heterocycles. The lowest BCUT2D eigenvalue weighted by Gasteiger charge is -2.13. The fourth-order valence-electron chi connectivity index (χ4n) is 1.64. The first-order valence-corrected chi connectivity index (χ1v) is 7.16. The van der Waals surface area contributed by atoms with E-state index in [0.29, 0.717) is 14.9 Å². The van der Waals surface area contributed by atoms with Crippen molar-refractivity contribution in [2.45, 2.75) is 13.0 Å². The molecule has 1 heterocycles. The minimum Gasteiger partial charge on any atom is -0.397 e. The molecule has 2 rings (SSSR count). The molecule has 6 heteroatoms. The molecule has 19 heavy (non-hydrogen) atoms. The van der Waals surface area contributed by atoms with Gasteiger partial charge in [-0.15, -0.1) is 11.3 Å². The van der Waals surface area contributed by atoms with Crippen LogP contribution < -0.4 is 11.1 Å². The lowest BCUT2D eigenvalue weighted by Crippen LogP contribution is -2.26. The summed E-state index contributed by atoms with van der Waals surface area (Å²) >= 11 is 13.2. The summed E-state index contributed by atoms with van der Waals surface area (Å²) in [6.07, 6.45) is 0. The summed E-state index contributed by atoms with van der Waals surface area (Å²) in [5.41, 5.74) is 6.46. The molecule has 0 fully saturated rings. The number of para-hydroxylation sites is 1. The minimum atomic E-state index is -0.253. The number of carbonyl (C=O) groups excluding carboxylic acids is 1. The molecule has 3 nitrogen and oxygen atoms in total. The molecule has 0 aliphatic rings. The molecule has 100 valence electrons. The quantitative estimate of drug-likeness (QED) is 0.837. The number of nitrogens with one attached hydrogen (secondary N) is 1. The normalized spacial score (nSPS) is 12.2. The van der Waals surface area contributed by atoms with Crippen molar-refractivity contribution in [3.8, 4) is 0 Å². The minimum absolute atomic E-state index is 0.136. The van der Waals surface area contributed by atoms with E-state index in [-0.39, 0.29) is 17.6 Å². The molecule has 2 aromatic rings. The highest BCUT2D eigenvalue weighted by Crippen LogP contribution is 2.27. The third-order valence-electron chi connectivity index (χ3n) is 2.67. The summed E-state index contributed by atoms with van der Waals surface area (Å²) in [6.45, 7) is 1.89. The van der Waals surface area contributed by atoms with Crippen LogP contribution >= 0.6 is 34.5 Å². The molecule has 0 bridgehead atoms. The van der Waals surface area contributed by atoms with E-state index < -0.39 is 0 Å². The van der Waals surface area contributed by atoms with Gasteiger partial charge in [0.25, 0.3) is 5.91 Å². The first-order chi connectivity index (χ1) is 8.99. The standard InChI is InChI=1S/C13H12Cl2N2OS/c1-7(10-5-6-11(15)19-10)17-13(18)8-3-2-4-9(14)12(8)16/h2-7H,16H2,1H3,(H,17,18). The number of thiophene rings is 1. The van der Waals surface area contributed by atoms with Gasteiger partial charge in [0, 0.05) is 4.88 Å². The molecule has 0 saturated heterocycles. The Labute approximate surface area is 125 Å². The Morgan fingerprint density at radius 2 is 2.05 bits per heavy atom. The van der Waals surface area contributed by atoms with E-state index in [1.54, 1.807) is 24.3 Å². The van der Waals surface area contributed by atoms with Crippen LogP contribution in [-0.2, 0) is 0 Å². The summed E-state index contributed by atoms with van der Waals surface area (Å²) in [5.74, 6) is -0.253. The van der Waals surface area contributed by atoms with Gasteiger partial charge < -0.3 is 11.1 Å². The molecule has 3 N–H and O–H groups in total. The second kappa shape index (κ2) is 5.82. The Balaban J connectivity index is 2.15.